The van der Waals surface area contributed by atoms with Gasteiger partial charge in [0.2, 0.25) is 0 Å². The van der Waals surface area contributed by atoms with Crippen LogP contribution in [0.15, 0.2) is 64.4 Å². The van der Waals surface area contributed by atoms with Gasteiger partial charge in [0, 0.05) is 24.0 Å². The molecule has 0 amide bonds. The Morgan fingerprint density at radius 2 is 1.71 bits per heavy atom. The van der Waals surface area contributed by atoms with Gasteiger partial charge < -0.3 is 0 Å². The maximum Gasteiger partial charge on any atom is 0.329 e. The van der Waals surface area contributed by atoms with Crippen LogP contribution in [0, 0.1) is 0 Å². The second-order valence-electron chi connectivity index (χ2n) is 6.53. The van der Waals surface area contributed by atoms with E-state index in [1.165, 1.54) is 11.8 Å². The van der Waals surface area contributed by atoms with E-state index in [1.54, 1.807) is 9.13 Å². The number of hydrogen-bond donors (Lipinski definition) is 0. The number of carbonyl (C=O) groups excluding carboxylic acids is 1. The molecule has 2 heterocycles. The molecule has 142 valence electrons. The second kappa shape index (κ2) is 7.64. The van der Waals surface area contributed by atoms with E-state index in [2.05, 4.69) is 4.98 Å². The number of aromatic nitrogens is 3. The lowest BCUT2D eigenvalue weighted by molar-refractivity contribution is 0.102. The number of thioether (sulfide) groups is 1. The summed E-state index contributed by atoms with van der Waals surface area (Å²) in [5.74, 6) is 0.336. The summed E-state index contributed by atoms with van der Waals surface area (Å²) in [6.07, 6.45) is 0. The molecule has 0 saturated heterocycles. The molecule has 0 radical (unpaired) electrons. The van der Waals surface area contributed by atoms with Gasteiger partial charge in [-0.3, -0.25) is 13.9 Å². The van der Waals surface area contributed by atoms with E-state index in [9.17, 15) is 9.59 Å². The second-order valence-corrected chi connectivity index (χ2v) is 7.52. The van der Waals surface area contributed by atoms with Gasteiger partial charge in [-0.2, -0.15) is 0 Å². The molecule has 0 spiro atoms. The summed E-state index contributed by atoms with van der Waals surface area (Å²) in [4.78, 5) is 29.8. The number of para-hydroxylation sites is 1. The molecular weight excluding hydrogens is 370 g/mol. The van der Waals surface area contributed by atoms with Gasteiger partial charge in [-0.25, -0.2) is 9.78 Å². The quantitative estimate of drug-likeness (QED) is 0.362. The fourth-order valence-corrected chi connectivity index (χ4v) is 4.23. The minimum atomic E-state index is -0.0284. The van der Waals surface area contributed by atoms with E-state index >= 15 is 0 Å². The standard InChI is InChI=1S/C22H21N3O2S/c1-3-24-18-11-9-16(13-19(18)25(4-2)22(24)27)20(26)14-28-21-12-10-15-7-5-6-8-17(15)23-21/h5-13H,3-4,14H2,1-2H3. The van der Waals surface area contributed by atoms with Crippen molar-refractivity contribution < 1.29 is 4.79 Å². The first kappa shape index (κ1) is 18.5. The normalized spacial score (nSPS) is 11.4. The van der Waals surface area contributed by atoms with Crippen LogP contribution >= 0.6 is 11.8 Å². The average Bonchev–Trinajstić information content (AvgIpc) is 3.01. The van der Waals surface area contributed by atoms with Gasteiger partial charge >= 0.3 is 5.69 Å². The Bertz CT molecular complexity index is 1240. The van der Waals surface area contributed by atoms with Crippen LogP contribution in [-0.4, -0.2) is 25.7 Å². The summed E-state index contributed by atoms with van der Waals surface area (Å²) in [5.41, 5.74) is 3.20. The highest BCUT2D eigenvalue weighted by atomic mass is 32.2. The summed E-state index contributed by atoms with van der Waals surface area (Å²) in [5, 5.41) is 1.91. The zero-order valence-electron chi connectivity index (χ0n) is 15.9. The monoisotopic (exact) mass is 391 g/mol. The first-order valence-electron chi connectivity index (χ1n) is 9.37. The van der Waals surface area contributed by atoms with Gasteiger partial charge in [-0.15, -0.1) is 0 Å². The Balaban J connectivity index is 1.58. The van der Waals surface area contributed by atoms with Crippen molar-refractivity contribution in [2.45, 2.75) is 32.0 Å². The molecule has 0 saturated carbocycles. The smallest absolute Gasteiger partial charge is 0.293 e. The van der Waals surface area contributed by atoms with Crippen LogP contribution in [0.25, 0.3) is 21.9 Å². The summed E-state index contributed by atoms with van der Waals surface area (Å²) in [6.45, 7) is 5.08. The molecule has 0 unspecified atom stereocenters. The van der Waals surface area contributed by atoms with E-state index in [0.29, 0.717) is 24.4 Å². The third-order valence-corrected chi connectivity index (χ3v) is 5.83. The van der Waals surface area contributed by atoms with Crippen molar-refractivity contribution in [3.8, 4) is 0 Å². The van der Waals surface area contributed by atoms with Crippen LogP contribution in [0.1, 0.15) is 24.2 Å². The maximum absolute atomic E-state index is 12.7. The molecule has 6 heteroatoms. The Morgan fingerprint density at radius 3 is 2.50 bits per heavy atom. The van der Waals surface area contributed by atoms with Crippen molar-refractivity contribution in [1.29, 1.82) is 0 Å². The van der Waals surface area contributed by atoms with E-state index in [1.807, 2.05) is 68.4 Å². The lowest BCUT2D eigenvalue weighted by Gasteiger charge is -2.05. The summed E-state index contributed by atoms with van der Waals surface area (Å²) in [7, 11) is 0. The Kier molecular flexibility index (Phi) is 5.05. The summed E-state index contributed by atoms with van der Waals surface area (Å²) in [6, 6.07) is 17.4. The molecule has 2 aromatic heterocycles. The molecule has 0 atom stereocenters. The predicted octanol–water partition coefficient (Wildman–Crippen LogP) is 4.37. The summed E-state index contributed by atoms with van der Waals surface area (Å²) < 4.78 is 3.45. The van der Waals surface area contributed by atoms with Crippen molar-refractivity contribution in [1.82, 2.24) is 14.1 Å². The van der Waals surface area contributed by atoms with Gasteiger partial charge in [-0.05, 0) is 44.2 Å². The van der Waals surface area contributed by atoms with Crippen molar-refractivity contribution in [2.24, 2.45) is 0 Å². The number of Topliss-reactive ketones (excluding diaryl/α,β-unsaturated/α-hetero) is 1. The number of ketones is 1. The molecule has 0 bridgehead atoms. The first-order valence-corrected chi connectivity index (χ1v) is 10.4. The minimum absolute atomic E-state index is 0.0284. The number of pyridine rings is 1. The highest BCUT2D eigenvalue weighted by molar-refractivity contribution is 7.99. The van der Waals surface area contributed by atoms with Gasteiger partial charge in [-0.1, -0.05) is 36.0 Å². The number of rotatable bonds is 6. The predicted molar refractivity (Wildman–Crippen MR) is 114 cm³/mol. The number of imidazole rings is 1. The topological polar surface area (TPSA) is 56.9 Å². The Labute approximate surface area is 167 Å². The Hall–Kier alpha value is -2.86. The van der Waals surface area contributed by atoms with Gasteiger partial charge in [0.15, 0.2) is 5.78 Å². The lowest BCUT2D eigenvalue weighted by atomic mass is 10.1. The van der Waals surface area contributed by atoms with Crippen LogP contribution in [0.2, 0.25) is 0 Å². The molecule has 4 rings (SSSR count). The van der Waals surface area contributed by atoms with Crippen molar-refractivity contribution in [2.75, 3.05) is 5.75 Å². The van der Waals surface area contributed by atoms with Crippen LogP contribution in [0.4, 0.5) is 0 Å². The van der Waals surface area contributed by atoms with E-state index in [-0.39, 0.29) is 11.5 Å². The fraction of sp³-hybridized carbons (Fsp3) is 0.227. The van der Waals surface area contributed by atoms with E-state index < -0.39 is 0 Å². The molecule has 4 aromatic rings. The third-order valence-electron chi connectivity index (χ3n) is 4.90. The lowest BCUT2D eigenvalue weighted by Crippen LogP contribution is -2.23. The molecule has 5 nitrogen and oxygen atoms in total. The average molecular weight is 391 g/mol. The molecular formula is C22H21N3O2S. The van der Waals surface area contributed by atoms with Crippen LogP contribution in [0.3, 0.4) is 0 Å². The number of fused-ring (bicyclic) bond motifs is 2. The zero-order chi connectivity index (χ0) is 19.7. The fourth-order valence-electron chi connectivity index (χ4n) is 3.45. The Morgan fingerprint density at radius 1 is 0.964 bits per heavy atom. The van der Waals surface area contributed by atoms with Gasteiger partial charge in [0.25, 0.3) is 0 Å². The molecule has 28 heavy (non-hydrogen) atoms. The molecule has 0 aliphatic carbocycles. The number of nitrogens with zero attached hydrogens (tertiary/aromatic N) is 3. The van der Waals surface area contributed by atoms with Crippen LogP contribution in [0.5, 0.6) is 0 Å². The largest absolute Gasteiger partial charge is 0.329 e. The van der Waals surface area contributed by atoms with Crippen molar-refractivity contribution in [3.63, 3.8) is 0 Å². The summed E-state index contributed by atoms with van der Waals surface area (Å²) >= 11 is 1.43. The molecule has 0 aliphatic rings. The zero-order valence-corrected chi connectivity index (χ0v) is 16.7. The SMILES string of the molecule is CCn1c(=O)n(CC)c2cc(C(=O)CSc3ccc4ccccc4n3)ccc21. The molecule has 0 fully saturated rings. The number of carbonyl (C=O) groups is 1. The van der Waals surface area contributed by atoms with Crippen molar-refractivity contribution >= 4 is 39.5 Å². The number of benzene rings is 2. The molecule has 0 N–H and O–H groups in total. The molecule has 0 aliphatic heterocycles. The first-order chi connectivity index (χ1) is 13.6. The maximum atomic E-state index is 12.7. The van der Waals surface area contributed by atoms with Gasteiger partial charge in [0.05, 0.1) is 27.3 Å². The highest BCUT2D eigenvalue weighted by Gasteiger charge is 2.14. The van der Waals surface area contributed by atoms with E-state index in [0.717, 1.165) is 27.0 Å². The highest BCUT2D eigenvalue weighted by Crippen LogP contribution is 2.22. The van der Waals surface area contributed by atoms with Crippen LogP contribution in [-0.2, 0) is 13.1 Å². The van der Waals surface area contributed by atoms with Crippen LogP contribution < -0.4 is 5.69 Å². The van der Waals surface area contributed by atoms with Crippen molar-refractivity contribution in [3.05, 3.63) is 70.6 Å². The third kappa shape index (κ3) is 3.24. The van der Waals surface area contributed by atoms with E-state index in [4.69, 9.17) is 0 Å². The van der Waals surface area contributed by atoms with Gasteiger partial charge in [0.1, 0.15) is 0 Å². The molecule has 2 aromatic carbocycles. The number of hydrogen-bond acceptors (Lipinski definition) is 4. The number of aryl methyl sites for hydroxylation is 2. The minimum Gasteiger partial charge on any atom is -0.293 e.